The van der Waals surface area contributed by atoms with Crippen molar-refractivity contribution in [2.24, 2.45) is 0 Å². The van der Waals surface area contributed by atoms with Crippen molar-refractivity contribution in [2.75, 3.05) is 25.6 Å². The van der Waals surface area contributed by atoms with E-state index in [-0.39, 0.29) is 5.91 Å². The number of carbonyl (C=O) groups excluding carboxylic acids is 1. The Morgan fingerprint density at radius 3 is 2.55 bits per heavy atom. The molecule has 0 radical (unpaired) electrons. The highest BCUT2D eigenvalue weighted by Crippen LogP contribution is 2.16. The number of aryl methyl sites for hydroxylation is 1. The maximum absolute atomic E-state index is 12.0. The highest BCUT2D eigenvalue weighted by molar-refractivity contribution is 5.92. The Bertz CT molecular complexity index is 608. The molecular formula is C18H21NO3. The predicted molar refractivity (Wildman–Crippen MR) is 87.3 cm³/mol. The van der Waals surface area contributed by atoms with Crippen LogP contribution < -0.4 is 10.1 Å². The molecule has 0 saturated carbocycles. The molecule has 0 aliphatic rings. The van der Waals surface area contributed by atoms with E-state index < -0.39 is 0 Å². The molecule has 0 aliphatic heterocycles. The second-order valence-electron chi connectivity index (χ2n) is 5.08. The fourth-order valence-corrected chi connectivity index (χ4v) is 2.09. The quantitative estimate of drug-likeness (QED) is 0.799. The number of hydrogen-bond acceptors (Lipinski definition) is 3. The first-order valence-corrected chi connectivity index (χ1v) is 7.24. The minimum Gasteiger partial charge on any atom is -0.491 e. The Morgan fingerprint density at radius 2 is 1.86 bits per heavy atom. The number of rotatable bonds is 7. The molecule has 0 fully saturated rings. The van der Waals surface area contributed by atoms with E-state index >= 15 is 0 Å². The van der Waals surface area contributed by atoms with Crippen LogP contribution in [-0.2, 0) is 16.0 Å². The number of nitrogens with one attached hydrogen (secondary N) is 1. The molecule has 0 heterocycles. The van der Waals surface area contributed by atoms with Gasteiger partial charge in [-0.05, 0) is 36.8 Å². The molecule has 1 amide bonds. The number of methoxy groups -OCH3 is 1. The number of amides is 1. The van der Waals surface area contributed by atoms with E-state index in [1.54, 1.807) is 7.11 Å². The summed E-state index contributed by atoms with van der Waals surface area (Å²) in [6.45, 7) is 3.08. The van der Waals surface area contributed by atoms with Crippen LogP contribution in [0.5, 0.6) is 5.75 Å². The summed E-state index contributed by atoms with van der Waals surface area (Å²) < 4.78 is 10.4. The van der Waals surface area contributed by atoms with Crippen LogP contribution in [0.4, 0.5) is 5.69 Å². The van der Waals surface area contributed by atoms with Gasteiger partial charge in [0.1, 0.15) is 12.4 Å². The molecule has 4 nitrogen and oxygen atoms in total. The van der Waals surface area contributed by atoms with Crippen molar-refractivity contribution in [1.82, 2.24) is 0 Å². The standard InChI is InChI=1S/C18H21NO3/c1-14-4-3-5-15(12-14)13-18(20)19-16-6-8-17(9-7-16)22-11-10-21-2/h3-9,12H,10-11,13H2,1-2H3,(H,19,20). The van der Waals surface area contributed by atoms with Gasteiger partial charge in [0, 0.05) is 12.8 Å². The van der Waals surface area contributed by atoms with Crippen LogP contribution in [0.2, 0.25) is 0 Å². The van der Waals surface area contributed by atoms with E-state index in [1.165, 1.54) is 0 Å². The zero-order valence-corrected chi connectivity index (χ0v) is 13.0. The van der Waals surface area contributed by atoms with Gasteiger partial charge in [0.05, 0.1) is 13.0 Å². The first-order chi connectivity index (χ1) is 10.7. The molecule has 2 aromatic rings. The van der Waals surface area contributed by atoms with Crippen molar-refractivity contribution in [3.05, 3.63) is 59.7 Å². The lowest BCUT2D eigenvalue weighted by Gasteiger charge is -2.08. The molecule has 1 N–H and O–H groups in total. The first-order valence-electron chi connectivity index (χ1n) is 7.24. The molecule has 2 rings (SSSR count). The van der Waals surface area contributed by atoms with Gasteiger partial charge in [0.25, 0.3) is 0 Å². The van der Waals surface area contributed by atoms with Crippen LogP contribution in [-0.4, -0.2) is 26.2 Å². The molecule has 0 aromatic heterocycles. The largest absolute Gasteiger partial charge is 0.491 e. The SMILES string of the molecule is COCCOc1ccc(NC(=O)Cc2cccc(C)c2)cc1. The van der Waals surface area contributed by atoms with Crippen molar-refractivity contribution < 1.29 is 14.3 Å². The van der Waals surface area contributed by atoms with Gasteiger partial charge in [-0.25, -0.2) is 0 Å². The summed E-state index contributed by atoms with van der Waals surface area (Å²) in [5.41, 5.74) is 2.93. The van der Waals surface area contributed by atoms with Crippen LogP contribution >= 0.6 is 0 Å². The number of benzene rings is 2. The molecule has 0 atom stereocenters. The van der Waals surface area contributed by atoms with Crippen LogP contribution in [0.3, 0.4) is 0 Å². The van der Waals surface area contributed by atoms with Gasteiger partial charge in [-0.15, -0.1) is 0 Å². The Morgan fingerprint density at radius 1 is 1.09 bits per heavy atom. The zero-order chi connectivity index (χ0) is 15.8. The molecule has 2 aromatic carbocycles. The molecular weight excluding hydrogens is 278 g/mol. The summed E-state index contributed by atoms with van der Waals surface area (Å²) in [5, 5.41) is 2.89. The minimum absolute atomic E-state index is 0.0290. The van der Waals surface area contributed by atoms with E-state index in [9.17, 15) is 4.79 Å². The van der Waals surface area contributed by atoms with E-state index in [4.69, 9.17) is 9.47 Å². The molecule has 0 unspecified atom stereocenters. The van der Waals surface area contributed by atoms with Crippen LogP contribution in [0, 0.1) is 6.92 Å². The van der Waals surface area contributed by atoms with Crippen molar-refractivity contribution in [3.63, 3.8) is 0 Å². The Kier molecular flexibility index (Phi) is 5.98. The molecule has 4 heteroatoms. The highest BCUT2D eigenvalue weighted by atomic mass is 16.5. The normalized spacial score (nSPS) is 10.3. The maximum atomic E-state index is 12.0. The third-order valence-corrected chi connectivity index (χ3v) is 3.14. The lowest BCUT2D eigenvalue weighted by atomic mass is 10.1. The van der Waals surface area contributed by atoms with Gasteiger partial charge in [0.15, 0.2) is 0 Å². The van der Waals surface area contributed by atoms with Crippen molar-refractivity contribution in [2.45, 2.75) is 13.3 Å². The van der Waals surface area contributed by atoms with Gasteiger partial charge in [-0.3, -0.25) is 4.79 Å². The van der Waals surface area contributed by atoms with Gasteiger partial charge in [0.2, 0.25) is 5.91 Å². The van der Waals surface area contributed by atoms with Crippen LogP contribution in [0.15, 0.2) is 48.5 Å². The summed E-state index contributed by atoms with van der Waals surface area (Å²) in [5.74, 6) is 0.729. The summed E-state index contributed by atoms with van der Waals surface area (Å²) in [6.07, 6.45) is 0.369. The van der Waals surface area contributed by atoms with Gasteiger partial charge >= 0.3 is 0 Å². The number of anilines is 1. The molecule has 0 bridgehead atoms. The second kappa shape index (κ2) is 8.20. The van der Waals surface area contributed by atoms with Gasteiger partial charge in [-0.1, -0.05) is 29.8 Å². The monoisotopic (exact) mass is 299 g/mol. The highest BCUT2D eigenvalue weighted by Gasteiger charge is 2.04. The molecule has 0 saturated heterocycles. The first kappa shape index (κ1) is 16.0. The third kappa shape index (κ3) is 5.22. The van der Waals surface area contributed by atoms with Crippen molar-refractivity contribution in [3.8, 4) is 5.75 Å². The Labute approximate surface area is 131 Å². The summed E-state index contributed by atoms with van der Waals surface area (Å²) in [6, 6.07) is 15.3. The zero-order valence-electron chi connectivity index (χ0n) is 13.0. The van der Waals surface area contributed by atoms with Crippen molar-refractivity contribution >= 4 is 11.6 Å². The van der Waals surface area contributed by atoms with Gasteiger partial charge < -0.3 is 14.8 Å². The number of hydrogen-bond donors (Lipinski definition) is 1. The predicted octanol–water partition coefficient (Wildman–Crippen LogP) is 3.20. The van der Waals surface area contributed by atoms with E-state index in [0.29, 0.717) is 19.6 Å². The van der Waals surface area contributed by atoms with E-state index in [0.717, 1.165) is 22.6 Å². The topological polar surface area (TPSA) is 47.6 Å². The third-order valence-electron chi connectivity index (χ3n) is 3.14. The summed E-state index contributed by atoms with van der Waals surface area (Å²) >= 11 is 0. The van der Waals surface area contributed by atoms with E-state index in [2.05, 4.69) is 5.32 Å². The van der Waals surface area contributed by atoms with Crippen molar-refractivity contribution in [1.29, 1.82) is 0 Å². The lowest BCUT2D eigenvalue weighted by Crippen LogP contribution is -2.14. The summed E-state index contributed by atoms with van der Waals surface area (Å²) in [4.78, 5) is 12.0. The molecule has 0 aliphatic carbocycles. The lowest BCUT2D eigenvalue weighted by molar-refractivity contribution is -0.115. The van der Waals surface area contributed by atoms with Crippen LogP contribution in [0.25, 0.3) is 0 Å². The smallest absolute Gasteiger partial charge is 0.228 e. The van der Waals surface area contributed by atoms with Gasteiger partial charge in [-0.2, -0.15) is 0 Å². The second-order valence-corrected chi connectivity index (χ2v) is 5.08. The minimum atomic E-state index is -0.0290. The number of carbonyl (C=O) groups is 1. The molecule has 0 spiro atoms. The fourth-order valence-electron chi connectivity index (χ4n) is 2.09. The maximum Gasteiger partial charge on any atom is 0.228 e. The average molecular weight is 299 g/mol. The Hall–Kier alpha value is -2.33. The fraction of sp³-hybridized carbons (Fsp3) is 0.278. The van der Waals surface area contributed by atoms with Crippen LogP contribution in [0.1, 0.15) is 11.1 Å². The molecule has 116 valence electrons. The molecule has 22 heavy (non-hydrogen) atoms. The summed E-state index contributed by atoms with van der Waals surface area (Å²) in [7, 11) is 1.64. The average Bonchev–Trinajstić information content (AvgIpc) is 2.49. The number of ether oxygens (including phenoxy) is 2. The van der Waals surface area contributed by atoms with E-state index in [1.807, 2.05) is 55.5 Å². The Balaban J connectivity index is 1.86.